The normalized spacial score (nSPS) is 16.7. The lowest BCUT2D eigenvalue weighted by atomic mass is 9.97. The van der Waals surface area contributed by atoms with E-state index in [-0.39, 0.29) is 23.0 Å². The Bertz CT molecular complexity index is 1040. The minimum Gasteiger partial charge on any atom is -0.506 e. The molecule has 24 heavy (non-hydrogen) atoms. The average Bonchev–Trinajstić information content (AvgIpc) is 2.78. The van der Waals surface area contributed by atoms with Gasteiger partial charge in [0.25, 0.3) is 0 Å². The topological polar surface area (TPSA) is 67.3 Å². The van der Waals surface area contributed by atoms with Gasteiger partial charge in [0, 0.05) is 16.5 Å². The minimum absolute atomic E-state index is 0.121. The van der Waals surface area contributed by atoms with Crippen molar-refractivity contribution in [2.45, 2.75) is 19.8 Å². The molecule has 1 heterocycles. The molecule has 1 unspecified atom stereocenters. The van der Waals surface area contributed by atoms with Crippen molar-refractivity contribution in [1.29, 1.82) is 0 Å². The molecule has 2 aromatic carbocycles. The molecule has 1 N–H and O–H groups in total. The number of aromatic hydroxyl groups is 1. The molecular weight excluding hydrogens is 302 g/mol. The summed E-state index contributed by atoms with van der Waals surface area (Å²) in [5, 5.41) is 11.1. The first-order valence-corrected chi connectivity index (χ1v) is 7.75. The zero-order chi connectivity index (χ0) is 17.0. The number of hydrogen-bond donors (Lipinski definition) is 1. The molecule has 4 heteroatoms. The second-order valence-corrected chi connectivity index (χ2v) is 6.30. The second-order valence-electron chi connectivity index (χ2n) is 6.30. The van der Waals surface area contributed by atoms with Crippen LogP contribution in [-0.2, 0) is 0 Å². The van der Waals surface area contributed by atoms with E-state index < -0.39 is 5.92 Å². The van der Waals surface area contributed by atoms with Crippen LogP contribution in [0.5, 0.6) is 5.75 Å². The number of benzene rings is 2. The number of nitrogens with zero attached hydrogens (tertiary/aromatic N) is 1. The molecular formula is C20H15NO3. The zero-order valence-electron chi connectivity index (χ0n) is 13.3. The highest BCUT2D eigenvalue weighted by molar-refractivity contribution is 6.29. The maximum atomic E-state index is 12.7. The van der Waals surface area contributed by atoms with Gasteiger partial charge in [-0.1, -0.05) is 29.3 Å². The Morgan fingerprint density at radius 2 is 1.54 bits per heavy atom. The molecule has 0 radical (unpaired) electrons. The molecule has 1 aliphatic rings. The number of carbonyl (C=O) groups is 2. The number of hydrogen-bond acceptors (Lipinski definition) is 4. The van der Waals surface area contributed by atoms with Crippen LogP contribution < -0.4 is 0 Å². The van der Waals surface area contributed by atoms with E-state index in [1.165, 1.54) is 0 Å². The largest absolute Gasteiger partial charge is 0.506 e. The summed E-state index contributed by atoms with van der Waals surface area (Å²) < 4.78 is 0. The van der Waals surface area contributed by atoms with E-state index in [1.54, 1.807) is 18.2 Å². The fourth-order valence-electron chi connectivity index (χ4n) is 3.27. The van der Waals surface area contributed by atoms with Crippen molar-refractivity contribution in [1.82, 2.24) is 4.98 Å². The van der Waals surface area contributed by atoms with Gasteiger partial charge in [-0.2, -0.15) is 0 Å². The molecule has 0 fully saturated rings. The van der Waals surface area contributed by atoms with E-state index in [2.05, 4.69) is 4.98 Å². The molecule has 4 rings (SSSR count). The SMILES string of the molecule is Cc1ccc2c(c1)C(=O)C(c1nc3ccc(C)cc3cc1O)C2=O. The van der Waals surface area contributed by atoms with Crippen LogP contribution in [0, 0.1) is 13.8 Å². The third kappa shape index (κ3) is 2.03. The van der Waals surface area contributed by atoms with Crippen LogP contribution >= 0.6 is 0 Å². The van der Waals surface area contributed by atoms with Gasteiger partial charge in [-0.15, -0.1) is 0 Å². The van der Waals surface area contributed by atoms with Crippen LogP contribution in [0.3, 0.4) is 0 Å². The fraction of sp³-hybridized carbons (Fsp3) is 0.150. The molecule has 0 amide bonds. The van der Waals surface area contributed by atoms with E-state index in [0.29, 0.717) is 16.6 Å². The molecule has 0 saturated carbocycles. The van der Waals surface area contributed by atoms with Crippen molar-refractivity contribution in [3.63, 3.8) is 0 Å². The highest BCUT2D eigenvalue weighted by Gasteiger charge is 2.42. The molecule has 0 spiro atoms. The summed E-state index contributed by atoms with van der Waals surface area (Å²) in [5.41, 5.74) is 3.57. The number of Topliss-reactive ketones (excluding diaryl/α,β-unsaturated/α-hetero) is 2. The van der Waals surface area contributed by atoms with Gasteiger partial charge in [0.05, 0.1) is 5.52 Å². The van der Waals surface area contributed by atoms with Crippen molar-refractivity contribution < 1.29 is 14.7 Å². The first kappa shape index (κ1) is 14.6. The van der Waals surface area contributed by atoms with E-state index >= 15 is 0 Å². The predicted octanol–water partition coefficient (Wildman–Crippen LogP) is 3.72. The summed E-state index contributed by atoms with van der Waals surface area (Å²) in [7, 11) is 0. The van der Waals surface area contributed by atoms with Gasteiger partial charge in [-0.05, 0) is 38.1 Å². The fourth-order valence-corrected chi connectivity index (χ4v) is 3.27. The number of aryl methyl sites for hydroxylation is 2. The maximum Gasteiger partial charge on any atom is 0.180 e. The van der Waals surface area contributed by atoms with Crippen LogP contribution in [0.15, 0.2) is 42.5 Å². The van der Waals surface area contributed by atoms with Gasteiger partial charge >= 0.3 is 0 Å². The quantitative estimate of drug-likeness (QED) is 0.695. The standard InChI is InChI=1S/C20H15NO3/c1-10-4-6-15-12(7-10)9-16(22)18(21-15)17-19(23)13-5-3-11(2)8-14(13)20(17)24/h3-9,17,22H,1-2H3. The Labute approximate surface area is 138 Å². The van der Waals surface area contributed by atoms with Crippen LogP contribution in [0.4, 0.5) is 0 Å². The Morgan fingerprint density at radius 3 is 2.33 bits per heavy atom. The molecule has 1 aromatic heterocycles. The summed E-state index contributed by atoms with van der Waals surface area (Å²) in [6.45, 7) is 3.83. The Hall–Kier alpha value is -3.01. The lowest BCUT2D eigenvalue weighted by Crippen LogP contribution is -2.14. The predicted molar refractivity (Wildman–Crippen MR) is 90.7 cm³/mol. The number of rotatable bonds is 1. The van der Waals surface area contributed by atoms with Crippen LogP contribution in [-0.4, -0.2) is 21.7 Å². The molecule has 1 atom stereocenters. The number of aromatic nitrogens is 1. The number of pyridine rings is 1. The van der Waals surface area contributed by atoms with Gasteiger partial charge in [-0.25, -0.2) is 4.98 Å². The van der Waals surface area contributed by atoms with E-state index in [9.17, 15) is 14.7 Å². The van der Waals surface area contributed by atoms with Crippen molar-refractivity contribution >= 4 is 22.5 Å². The van der Waals surface area contributed by atoms with E-state index in [4.69, 9.17) is 0 Å². The van der Waals surface area contributed by atoms with Gasteiger partial charge in [0.1, 0.15) is 17.4 Å². The third-order valence-electron chi connectivity index (χ3n) is 4.48. The number of ketones is 2. The van der Waals surface area contributed by atoms with E-state index in [0.717, 1.165) is 16.5 Å². The second kappa shape index (κ2) is 4.99. The van der Waals surface area contributed by atoms with Gasteiger partial charge in [0.2, 0.25) is 0 Å². The third-order valence-corrected chi connectivity index (χ3v) is 4.48. The summed E-state index contributed by atoms with van der Waals surface area (Å²) in [6.07, 6.45) is 0. The smallest absolute Gasteiger partial charge is 0.180 e. The van der Waals surface area contributed by atoms with Gasteiger partial charge < -0.3 is 5.11 Å². The highest BCUT2D eigenvalue weighted by Crippen LogP contribution is 2.38. The number of fused-ring (bicyclic) bond motifs is 2. The Balaban J connectivity index is 1.89. The van der Waals surface area contributed by atoms with Crippen molar-refractivity contribution in [2.75, 3.05) is 0 Å². The molecule has 118 valence electrons. The van der Waals surface area contributed by atoms with Crippen molar-refractivity contribution in [3.05, 3.63) is 70.4 Å². The Morgan fingerprint density at radius 1 is 0.875 bits per heavy atom. The van der Waals surface area contributed by atoms with Crippen LogP contribution in [0.2, 0.25) is 0 Å². The van der Waals surface area contributed by atoms with Crippen LogP contribution in [0.25, 0.3) is 10.9 Å². The van der Waals surface area contributed by atoms with Crippen molar-refractivity contribution in [3.8, 4) is 5.75 Å². The molecule has 0 bridgehead atoms. The first-order valence-electron chi connectivity index (χ1n) is 7.75. The first-order chi connectivity index (χ1) is 11.5. The highest BCUT2D eigenvalue weighted by atomic mass is 16.3. The molecule has 0 aliphatic heterocycles. The minimum atomic E-state index is -1.06. The lowest BCUT2D eigenvalue weighted by Gasteiger charge is -2.10. The van der Waals surface area contributed by atoms with E-state index in [1.807, 2.05) is 38.1 Å². The molecule has 0 saturated heterocycles. The lowest BCUT2D eigenvalue weighted by molar-refractivity contribution is 0.0886. The average molecular weight is 317 g/mol. The summed E-state index contributed by atoms with van der Waals surface area (Å²) in [4.78, 5) is 29.8. The van der Waals surface area contributed by atoms with Crippen molar-refractivity contribution in [2.24, 2.45) is 0 Å². The molecule has 1 aliphatic carbocycles. The molecule has 3 aromatic rings. The summed E-state index contributed by atoms with van der Waals surface area (Å²) in [5.74, 6) is -1.78. The van der Waals surface area contributed by atoms with Gasteiger partial charge in [-0.3, -0.25) is 9.59 Å². The zero-order valence-corrected chi connectivity index (χ0v) is 13.3. The van der Waals surface area contributed by atoms with Gasteiger partial charge in [0.15, 0.2) is 11.6 Å². The monoisotopic (exact) mass is 317 g/mol. The maximum absolute atomic E-state index is 12.7. The van der Waals surface area contributed by atoms with Crippen LogP contribution in [0.1, 0.15) is 43.5 Å². The molecule has 4 nitrogen and oxygen atoms in total. The Kier molecular flexibility index (Phi) is 3.03. The summed E-state index contributed by atoms with van der Waals surface area (Å²) >= 11 is 0. The summed E-state index contributed by atoms with van der Waals surface area (Å²) in [6, 6.07) is 12.4. The number of carbonyl (C=O) groups excluding carboxylic acids is 2.